The van der Waals surface area contributed by atoms with Crippen molar-refractivity contribution in [1.29, 1.82) is 0 Å². The van der Waals surface area contributed by atoms with Gasteiger partial charge in [0.1, 0.15) is 0 Å². The number of morpholine rings is 1. The highest BCUT2D eigenvalue weighted by molar-refractivity contribution is 7.10. The highest BCUT2D eigenvalue weighted by Gasteiger charge is 2.21. The number of aryl methyl sites for hydroxylation is 1. The number of primary amides is 1. The van der Waals surface area contributed by atoms with Gasteiger partial charge in [0.15, 0.2) is 5.82 Å². The molecule has 1 atom stereocenters. The van der Waals surface area contributed by atoms with Crippen LogP contribution >= 0.6 is 11.3 Å². The van der Waals surface area contributed by atoms with Gasteiger partial charge < -0.3 is 20.4 Å². The third-order valence-corrected chi connectivity index (χ3v) is 4.98. The summed E-state index contributed by atoms with van der Waals surface area (Å²) in [6.07, 6.45) is 3.18. The molecule has 0 aliphatic carbocycles. The van der Waals surface area contributed by atoms with Gasteiger partial charge in [-0.05, 0) is 6.07 Å². The Balaban J connectivity index is 1.54. The molecule has 2 aromatic rings. The van der Waals surface area contributed by atoms with Gasteiger partial charge in [-0.3, -0.25) is 14.5 Å². The Kier molecular flexibility index (Phi) is 5.47. The number of hydrogen-bond acceptors (Lipinski definition) is 7. The summed E-state index contributed by atoms with van der Waals surface area (Å²) >= 11 is 1.53. The van der Waals surface area contributed by atoms with Crippen LogP contribution in [0.4, 0.5) is 5.82 Å². The quantitative estimate of drug-likeness (QED) is 0.763. The number of nitrogens with two attached hydrogens (primary N) is 1. The summed E-state index contributed by atoms with van der Waals surface area (Å²) in [6, 6.07) is 1.84. The molecule has 0 spiro atoms. The first-order valence-corrected chi connectivity index (χ1v) is 8.87. The molecule has 1 amide bonds. The van der Waals surface area contributed by atoms with E-state index < -0.39 is 5.91 Å². The Bertz CT molecular complexity index is 803. The van der Waals surface area contributed by atoms with Gasteiger partial charge in [-0.2, -0.15) is 0 Å². The molecule has 3 heterocycles. The Morgan fingerprint density at radius 3 is 3.16 bits per heavy atom. The van der Waals surface area contributed by atoms with E-state index in [9.17, 15) is 9.59 Å². The molecule has 1 aliphatic heterocycles. The van der Waals surface area contributed by atoms with Crippen LogP contribution in [0.15, 0.2) is 28.6 Å². The Labute approximate surface area is 149 Å². The molecular formula is C16H21N5O3S. The number of carbonyl (C=O) groups is 1. The summed E-state index contributed by atoms with van der Waals surface area (Å²) in [5.74, 6) is -0.0708. The van der Waals surface area contributed by atoms with Crippen LogP contribution in [0.3, 0.4) is 0 Å². The van der Waals surface area contributed by atoms with Crippen LogP contribution < -0.4 is 16.6 Å². The number of ether oxygens (including phenoxy) is 1. The van der Waals surface area contributed by atoms with Crippen LogP contribution in [-0.2, 0) is 18.3 Å². The second-order valence-electron chi connectivity index (χ2n) is 5.97. The predicted molar refractivity (Wildman–Crippen MR) is 95.8 cm³/mol. The molecule has 3 N–H and O–H groups in total. The van der Waals surface area contributed by atoms with E-state index in [4.69, 9.17) is 10.5 Å². The summed E-state index contributed by atoms with van der Waals surface area (Å²) in [5.41, 5.74) is 5.69. The molecule has 0 aromatic carbocycles. The molecule has 25 heavy (non-hydrogen) atoms. The van der Waals surface area contributed by atoms with Gasteiger partial charge in [0.2, 0.25) is 5.91 Å². The molecule has 2 aromatic heterocycles. The summed E-state index contributed by atoms with van der Waals surface area (Å²) in [7, 11) is 1.69. The first-order valence-electron chi connectivity index (χ1n) is 7.99. The van der Waals surface area contributed by atoms with Crippen molar-refractivity contribution >= 4 is 23.1 Å². The number of thiophene rings is 1. The average molecular weight is 363 g/mol. The van der Waals surface area contributed by atoms with Gasteiger partial charge in [-0.15, -0.1) is 11.3 Å². The fourth-order valence-corrected chi connectivity index (χ4v) is 3.60. The van der Waals surface area contributed by atoms with Gasteiger partial charge >= 0.3 is 0 Å². The Morgan fingerprint density at radius 1 is 1.56 bits per heavy atom. The van der Waals surface area contributed by atoms with Crippen molar-refractivity contribution in [3.8, 4) is 0 Å². The molecule has 8 nitrogen and oxygen atoms in total. The van der Waals surface area contributed by atoms with Crippen LogP contribution in [0.1, 0.15) is 15.2 Å². The number of carbonyl (C=O) groups excluding carboxylic acids is 1. The molecule has 1 fully saturated rings. The lowest BCUT2D eigenvalue weighted by Crippen LogP contribution is -2.45. The second kappa shape index (κ2) is 7.77. The zero-order valence-corrected chi connectivity index (χ0v) is 14.8. The summed E-state index contributed by atoms with van der Waals surface area (Å²) in [6.45, 7) is 3.46. The maximum atomic E-state index is 12.0. The first-order chi connectivity index (χ1) is 12.0. The minimum absolute atomic E-state index is 0.0314. The van der Waals surface area contributed by atoms with E-state index in [1.807, 2.05) is 6.07 Å². The van der Waals surface area contributed by atoms with Gasteiger partial charge in [0, 0.05) is 55.9 Å². The first kappa shape index (κ1) is 17.6. The molecule has 1 aliphatic rings. The maximum Gasteiger partial charge on any atom is 0.293 e. The van der Waals surface area contributed by atoms with Crippen molar-refractivity contribution in [2.75, 3.05) is 31.6 Å². The zero-order valence-electron chi connectivity index (χ0n) is 14.0. The zero-order chi connectivity index (χ0) is 17.8. The lowest BCUT2D eigenvalue weighted by atomic mass is 10.2. The Hall–Kier alpha value is -2.23. The van der Waals surface area contributed by atoms with Crippen LogP contribution in [-0.4, -0.2) is 52.7 Å². The lowest BCUT2D eigenvalue weighted by molar-refractivity contribution is -0.0237. The minimum atomic E-state index is -0.400. The van der Waals surface area contributed by atoms with Crippen molar-refractivity contribution in [3.05, 3.63) is 44.6 Å². The van der Waals surface area contributed by atoms with E-state index in [0.29, 0.717) is 24.5 Å². The number of nitrogens with one attached hydrogen (secondary N) is 1. The van der Waals surface area contributed by atoms with E-state index >= 15 is 0 Å². The number of nitrogens with zero attached hydrogens (tertiary/aromatic N) is 3. The van der Waals surface area contributed by atoms with E-state index in [-0.39, 0.29) is 11.7 Å². The van der Waals surface area contributed by atoms with Crippen molar-refractivity contribution in [2.24, 2.45) is 12.8 Å². The molecule has 0 bridgehead atoms. The van der Waals surface area contributed by atoms with E-state index in [0.717, 1.165) is 24.5 Å². The fourth-order valence-electron chi connectivity index (χ4n) is 2.69. The second-order valence-corrected chi connectivity index (χ2v) is 6.96. The van der Waals surface area contributed by atoms with Gasteiger partial charge in [-0.25, -0.2) is 4.98 Å². The SMILES string of the molecule is Cn1ccnc(NCC2CN(Cc3cc(C(N)=O)cs3)CCO2)c1=O. The normalized spacial score (nSPS) is 18.2. The van der Waals surface area contributed by atoms with Crippen LogP contribution in [0.25, 0.3) is 0 Å². The third kappa shape index (κ3) is 4.44. The van der Waals surface area contributed by atoms with Crippen molar-refractivity contribution < 1.29 is 9.53 Å². The van der Waals surface area contributed by atoms with Gasteiger partial charge in [-0.1, -0.05) is 0 Å². The van der Waals surface area contributed by atoms with Gasteiger partial charge in [0.25, 0.3) is 5.56 Å². The topological polar surface area (TPSA) is 102 Å². The molecular weight excluding hydrogens is 342 g/mol. The lowest BCUT2D eigenvalue weighted by Gasteiger charge is -2.32. The van der Waals surface area contributed by atoms with E-state index in [1.165, 1.54) is 15.9 Å². The minimum Gasteiger partial charge on any atom is -0.374 e. The van der Waals surface area contributed by atoms with Crippen molar-refractivity contribution in [3.63, 3.8) is 0 Å². The van der Waals surface area contributed by atoms with Crippen molar-refractivity contribution in [1.82, 2.24) is 14.5 Å². The summed E-state index contributed by atoms with van der Waals surface area (Å²) in [5, 5.41) is 4.86. The molecule has 134 valence electrons. The number of rotatable bonds is 6. The van der Waals surface area contributed by atoms with Crippen LogP contribution in [0, 0.1) is 0 Å². The van der Waals surface area contributed by atoms with Crippen LogP contribution in [0.5, 0.6) is 0 Å². The highest BCUT2D eigenvalue weighted by Crippen LogP contribution is 2.18. The molecule has 1 saturated heterocycles. The van der Waals surface area contributed by atoms with Gasteiger partial charge in [0.05, 0.1) is 18.3 Å². The Morgan fingerprint density at radius 2 is 2.40 bits per heavy atom. The number of hydrogen-bond donors (Lipinski definition) is 2. The van der Waals surface area contributed by atoms with E-state index in [2.05, 4.69) is 15.2 Å². The molecule has 0 radical (unpaired) electrons. The van der Waals surface area contributed by atoms with Crippen molar-refractivity contribution in [2.45, 2.75) is 12.6 Å². The van der Waals surface area contributed by atoms with E-state index in [1.54, 1.807) is 24.8 Å². The fraction of sp³-hybridized carbons (Fsp3) is 0.438. The standard InChI is InChI=1S/C16H21N5O3S/c1-20-3-2-18-15(16(20)23)19-7-12-8-21(4-5-24-12)9-13-6-11(10-25-13)14(17)22/h2-3,6,10,12H,4-5,7-9H2,1H3,(H2,17,22)(H,18,19). The number of aromatic nitrogens is 2. The predicted octanol–water partition coefficient (Wildman–Crippen LogP) is 0.254. The average Bonchev–Trinajstić information content (AvgIpc) is 3.05. The molecule has 0 saturated carbocycles. The highest BCUT2D eigenvalue weighted by atomic mass is 32.1. The maximum absolute atomic E-state index is 12.0. The monoisotopic (exact) mass is 363 g/mol. The summed E-state index contributed by atoms with van der Waals surface area (Å²) in [4.78, 5) is 30.6. The molecule has 9 heteroatoms. The molecule has 1 unspecified atom stereocenters. The summed E-state index contributed by atoms with van der Waals surface area (Å²) < 4.78 is 7.25. The largest absolute Gasteiger partial charge is 0.374 e. The van der Waals surface area contributed by atoms with Crippen LogP contribution in [0.2, 0.25) is 0 Å². The smallest absolute Gasteiger partial charge is 0.293 e. The molecule has 3 rings (SSSR count). The number of anilines is 1. The third-order valence-electron chi connectivity index (χ3n) is 4.05. The number of amides is 1.